The van der Waals surface area contributed by atoms with Gasteiger partial charge in [-0.25, -0.2) is 4.79 Å². The van der Waals surface area contributed by atoms with E-state index in [1.54, 1.807) is 10.8 Å². The first-order valence-corrected chi connectivity index (χ1v) is 6.41. The zero-order chi connectivity index (χ0) is 12.5. The van der Waals surface area contributed by atoms with Gasteiger partial charge in [-0.15, -0.1) is 0 Å². The van der Waals surface area contributed by atoms with Gasteiger partial charge in [-0.05, 0) is 31.4 Å². The van der Waals surface area contributed by atoms with E-state index in [0.29, 0.717) is 11.2 Å². The maximum atomic E-state index is 12.0. The van der Waals surface area contributed by atoms with Gasteiger partial charge >= 0.3 is 5.69 Å². The van der Waals surface area contributed by atoms with Gasteiger partial charge in [-0.3, -0.25) is 14.5 Å². The molecule has 0 aromatic carbocycles. The summed E-state index contributed by atoms with van der Waals surface area (Å²) in [5, 5.41) is 0. The van der Waals surface area contributed by atoms with Crippen LogP contribution in [0.5, 0.6) is 0 Å². The summed E-state index contributed by atoms with van der Waals surface area (Å²) in [7, 11) is 0. The second kappa shape index (κ2) is 4.49. The normalized spacial score (nSPS) is 13.6. The minimum Gasteiger partial charge on any atom is -0.298 e. The Balaban J connectivity index is 2.11. The quantitative estimate of drug-likeness (QED) is 0.837. The molecule has 3 rings (SSSR count). The third-order valence-corrected chi connectivity index (χ3v) is 3.65. The number of fused-ring (bicyclic) bond motifs is 1. The Kier molecular flexibility index (Phi) is 2.83. The maximum Gasteiger partial charge on any atom is 0.327 e. The summed E-state index contributed by atoms with van der Waals surface area (Å²) in [5.41, 5.74) is 2.96. The van der Waals surface area contributed by atoms with Crippen molar-refractivity contribution >= 4 is 12.2 Å². The van der Waals surface area contributed by atoms with Crippen molar-refractivity contribution in [1.29, 1.82) is 0 Å². The molecular weight excluding hydrogens is 246 g/mol. The van der Waals surface area contributed by atoms with Crippen molar-refractivity contribution in [3.05, 3.63) is 56.5 Å². The van der Waals surface area contributed by atoms with E-state index in [9.17, 15) is 4.79 Å². The van der Waals surface area contributed by atoms with Gasteiger partial charge in [0, 0.05) is 17.5 Å². The Morgan fingerprint density at radius 1 is 1.39 bits per heavy atom. The summed E-state index contributed by atoms with van der Waals surface area (Å²) in [6.45, 7) is 0.508. The van der Waals surface area contributed by atoms with Crippen LogP contribution >= 0.6 is 12.2 Å². The first-order valence-electron chi connectivity index (χ1n) is 6.00. The number of nitrogens with zero attached hydrogens (tertiary/aromatic N) is 2. The fourth-order valence-corrected chi connectivity index (χ4v) is 2.76. The molecular formula is C13H13N3OS. The molecule has 0 amide bonds. The van der Waals surface area contributed by atoms with Crippen LogP contribution in [0.25, 0.3) is 0 Å². The number of nitrogens with one attached hydrogen (secondary N) is 1. The number of aromatic nitrogens is 3. The van der Waals surface area contributed by atoms with E-state index in [4.69, 9.17) is 12.2 Å². The minimum absolute atomic E-state index is 0.133. The molecule has 0 aliphatic heterocycles. The van der Waals surface area contributed by atoms with Gasteiger partial charge in [0.1, 0.15) is 4.64 Å². The van der Waals surface area contributed by atoms with Gasteiger partial charge in [0.15, 0.2) is 0 Å². The lowest BCUT2D eigenvalue weighted by Gasteiger charge is -2.11. The maximum absolute atomic E-state index is 12.0. The van der Waals surface area contributed by atoms with E-state index in [2.05, 4.69) is 9.97 Å². The summed E-state index contributed by atoms with van der Waals surface area (Å²) in [6.07, 6.45) is 4.70. The Morgan fingerprint density at radius 2 is 2.28 bits per heavy atom. The topological polar surface area (TPSA) is 50.7 Å². The van der Waals surface area contributed by atoms with E-state index in [0.717, 1.165) is 36.2 Å². The van der Waals surface area contributed by atoms with Crippen LogP contribution in [-0.2, 0) is 19.4 Å². The zero-order valence-corrected chi connectivity index (χ0v) is 10.7. The Bertz CT molecular complexity index is 688. The van der Waals surface area contributed by atoms with Gasteiger partial charge in [0.25, 0.3) is 0 Å². The summed E-state index contributed by atoms with van der Waals surface area (Å²) in [6, 6.07) is 5.73. The van der Waals surface area contributed by atoms with Crippen LogP contribution in [0, 0.1) is 4.64 Å². The van der Waals surface area contributed by atoms with E-state index in [-0.39, 0.29) is 5.69 Å². The van der Waals surface area contributed by atoms with Crippen LogP contribution in [0.15, 0.2) is 29.2 Å². The van der Waals surface area contributed by atoms with E-state index < -0.39 is 0 Å². The first-order chi connectivity index (χ1) is 8.75. The molecule has 0 saturated heterocycles. The summed E-state index contributed by atoms with van der Waals surface area (Å²) in [5.74, 6) is 0. The van der Waals surface area contributed by atoms with Crippen LogP contribution in [-0.4, -0.2) is 14.5 Å². The molecule has 18 heavy (non-hydrogen) atoms. The zero-order valence-electron chi connectivity index (χ0n) is 9.85. The predicted octanol–water partition coefficient (Wildman–Crippen LogP) is 1.84. The Morgan fingerprint density at radius 3 is 3.06 bits per heavy atom. The van der Waals surface area contributed by atoms with Crippen molar-refractivity contribution in [3.63, 3.8) is 0 Å². The molecule has 0 saturated carbocycles. The highest BCUT2D eigenvalue weighted by atomic mass is 32.1. The van der Waals surface area contributed by atoms with Crippen molar-refractivity contribution in [2.75, 3.05) is 0 Å². The van der Waals surface area contributed by atoms with Crippen molar-refractivity contribution in [2.45, 2.75) is 25.8 Å². The van der Waals surface area contributed by atoms with Crippen LogP contribution < -0.4 is 5.69 Å². The number of aromatic amines is 1. The van der Waals surface area contributed by atoms with Gasteiger partial charge in [0.2, 0.25) is 0 Å². The van der Waals surface area contributed by atoms with Crippen LogP contribution in [0.3, 0.4) is 0 Å². The second-order valence-electron chi connectivity index (χ2n) is 4.45. The average molecular weight is 259 g/mol. The molecule has 92 valence electrons. The van der Waals surface area contributed by atoms with Crippen molar-refractivity contribution < 1.29 is 0 Å². The summed E-state index contributed by atoms with van der Waals surface area (Å²) in [4.78, 5) is 19.0. The van der Waals surface area contributed by atoms with Crippen LogP contribution in [0.1, 0.15) is 23.4 Å². The van der Waals surface area contributed by atoms with E-state index >= 15 is 0 Å². The highest BCUT2D eigenvalue weighted by Gasteiger charge is 2.18. The average Bonchev–Trinajstić information content (AvgIpc) is 2.85. The third kappa shape index (κ3) is 1.90. The van der Waals surface area contributed by atoms with Gasteiger partial charge in [-0.1, -0.05) is 18.3 Å². The summed E-state index contributed by atoms with van der Waals surface area (Å²) < 4.78 is 2.37. The lowest BCUT2D eigenvalue weighted by Crippen LogP contribution is -2.27. The molecule has 0 fully saturated rings. The second-order valence-corrected chi connectivity index (χ2v) is 4.85. The van der Waals surface area contributed by atoms with Gasteiger partial charge < -0.3 is 0 Å². The standard InChI is InChI=1S/C13H13N3OS/c17-13-15-12(18)10-5-3-6-11(10)16(13)8-9-4-1-2-7-14-9/h1-2,4,7H,3,5-6,8H2,(H,15,17,18). The van der Waals surface area contributed by atoms with Gasteiger partial charge in [0.05, 0.1) is 12.2 Å². The van der Waals surface area contributed by atoms with Crippen molar-refractivity contribution in [1.82, 2.24) is 14.5 Å². The molecule has 1 aliphatic rings. The first kappa shape index (κ1) is 11.3. The molecule has 0 bridgehead atoms. The highest BCUT2D eigenvalue weighted by Crippen LogP contribution is 2.20. The molecule has 0 spiro atoms. The number of hydrogen-bond acceptors (Lipinski definition) is 3. The number of H-pyrrole nitrogens is 1. The molecule has 2 heterocycles. The SMILES string of the molecule is O=c1[nH]c(=S)c2c(n1Cc1ccccn1)CCC2. The molecule has 5 heteroatoms. The fraction of sp³-hybridized carbons (Fsp3) is 0.308. The molecule has 0 atom stereocenters. The number of pyridine rings is 1. The Labute approximate surface area is 109 Å². The predicted molar refractivity (Wildman–Crippen MR) is 71.3 cm³/mol. The minimum atomic E-state index is -0.133. The van der Waals surface area contributed by atoms with E-state index in [1.165, 1.54) is 0 Å². The molecule has 1 aliphatic carbocycles. The monoisotopic (exact) mass is 259 g/mol. The number of hydrogen-bond donors (Lipinski definition) is 1. The van der Waals surface area contributed by atoms with Crippen molar-refractivity contribution in [2.24, 2.45) is 0 Å². The largest absolute Gasteiger partial charge is 0.327 e. The van der Waals surface area contributed by atoms with E-state index in [1.807, 2.05) is 18.2 Å². The lowest BCUT2D eigenvalue weighted by molar-refractivity contribution is 0.668. The Hall–Kier alpha value is -1.75. The van der Waals surface area contributed by atoms with Crippen LogP contribution in [0.2, 0.25) is 0 Å². The third-order valence-electron chi connectivity index (χ3n) is 3.30. The highest BCUT2D eigenvalue weighted by molar-refractivity contribution is 7.71. The molecule has 2 aromatic rings. The molecule has 4 nitrogen and oxygen atoms in total. The van der Waals surface area contributed by atoms with Crippen molar-refractivity contribution in [3.8, 4) is 0 Å². The molecule has 0 radical (unpaired) electrons. The lowest BCUT2D eigenvalue weighted by atomic mass is 10.2. The molecule has 1 N–H and O–H groups in total. The smallest absolute Gasteiger partial charge is 0.298 e. The van der Waals surface area contributed by atoms with Gasteiger partial charge in [-0.2, -0.15) is 0 Å². The van der Waals surface area contributed by atoms with Crippen LogP contribution in [0.4, 0.5) is 0 Å². The summed E-state index contributed by atoms with van der Waals surface area (Å²) >= 11 is 5.21. The molecule has 2 aromatic heterocycles. The molecule has 0 unspecified atom stereocenters. The fourth-order valence-electron chi connectivity index (χ4n) is 2.45. The number of rotatable bonds is 2.